The van der Waals surface area contributed by atoms with Crippen molar-refractivity contribution in [3.8, 4) is 0 Å². The summed E-state index contributed by atoms with van der Waals surface area (Å²) in [5.41, 5.74) is 0.0127. The lowest BCUT2D eigenvalue weighted by atomic mass is 10.0. The highest BCUT2D eigenvalue weighted by Gasteiger charge is 2.34. The first-order valence-corrected chi connectivity index (χ1v) is 3.56. The van der Waals surface area contributed by atoms with Gasteiger partial charge in [-0.25, -0.2) is 0 Å². The number of hydrogen-bond donors (Lipinski definition) is 1. The van der Waals surface area contributed by atoms with E-state index in [1.54, 1.807) is 0 Å². The third-order valence-electron chi connectivity index (χ3n) is 1.68. The predicted octanol–water partition coefficient (Wildman–Crippen LogP) is -0.190. The van der Waals surface area contributed by atoms with Crippen LogP contribution in [0, 0.1) is 0 Å². The molecule has 66 valence electrons. The van der Waals surface area contributed by atoms with E-state index in [0.29, 0.717) is 0 Å². The van der Waals surface area contributed by atoms with Gasteiger partial charge in [0.25, 0.3) is 0 Å². The lowest BCUT2D eigenvalue weighted by molar-refractivity contribution is -0.175. The number of aliphatic hydroxyl groups is 1. The van der Waals surface area contributed by atoms with Gasteiger partial charge in [-0.3, -0.25) is 9.59 Å². The van der Waals surface area contributed by atoms with Crippen molar-refractivity contribution < 1.29 is 19.4 Å². The van der Waals surface area contributed by atoms with Crippen LogP contribution in [0.3, 0.4) is 0 Å². The normalized spacial score (nSPS) is 29.9. The molecule has 0 aromatic heterocycles. The van der Waals surface area contributed by atoms with Gasteiger partial charge in [-0.05, 0) is 19.9 Å². The van der Waals surface area contributed by atoms with Crippen molar-refractivity contribution in [1.82, 2.24) is 0 Å². The van der Waals surface area contributed by atoms with Crippen molar-refractivity contribution in [3.63, 3.8) is 0 Å². The molecular formula is C8H10O4. The molecule has 0 bridgehead atoms. The summed E-state index contributed by atoms with van der Waals surface area (Å²) in [7, 11) is 0. The van der Waals surface area contributed by atoms with E-state index in [-0.39, 0.29) is 23.7 Å². The Bertz CT molecular complexity index is 262. The van der Waals surface area contributed by atoms with E-state index >= 15 is 0 Å². The fourth-order valence-electron chi connectivity index (χ4n) is 1.05. The number of hydrogen-bond acceptors (Lipinski definition) is 4. The maximum absolute atomic E-state index is 10.9. The van der Waals surface area contributed by atoms with Gasteiger partial charge in [0.2, 0.25) is 0 Å². The van der Waals surface area contributed by atoms with Crippen molar-refractivity contribution in [3.05, 3.63) is 11.6 Å². The quantitative estimate of drug-likeness (QED) is 0.592. The molecule has 0 saturated heterocycles. The lowest BCUT2D eigenvalue weighted by Crippen LogP contribution is -2.39. The van der Waals surface area contributed by atoms with Crippen LogP contribution >= 0.6 is 0 Å². The Morgan fingerprint density at radius 2 is 2.33 bits per heavy atom. The molecule has 4 heteroatoms. The molecule has 0 amide bonds. The van der Waals surface area contributed by atoms with E-state index in [0.717, 1.165) is 6.08 Å². The monoisotopic (exact) mass is 170 g/mol. The Kier molecular flexibility index (Phi) is 2.12. The average molecular weight is 170 g/mol. The third-order valence-corrected chi connectivity index (χ3v) is 1.68. The molecule has 0 fully saturated rings. The Labute approximate surface area is 69.8 Å². The summed E-state index contributed by atoms with van der Waals surface area (Å²) in [6, 6.07) is 0. The molecule has 1 aliphatic rings. The number of carbonyl (C=O) groups is 2. The molecule has 0 spiro atoms. The summed E-state index contributed by atoms with van der Waals surface area (Å²) < 4.78 is 4.77. The molecule has 1 atom stereocenters. The molecule has 1 N–H and O–H groups in total. The summed E-state index contributed by atoms with van der Waals surface area (Å²) in [5.74, 6) is -2.26. The standard InChI is InChI=1S/C8H10O4/c1-5(9)7-3-6(10)4-12-8(7,2)11/h3,11H,4H2,1-2H3. The summed E-state index contributed by atoms with van der Waals surface area (Å²) in [6.07, 6.45) is 1.13. The van der Waals surface area contributed by atoms with Crippen LogP contribution < -0.4 is 0 Å². The Hall–Kier alpha value is -1.00. The molecule has 0 aliphatic carbocycles. The van der Waals surface area contributed by atoms with Crippen LogP contribution in [0.2, 0.25) is 0 Å². The van der Waals surface area contributed by atoms with Gasteiger partial charge in [0, 0.05) is 0 Å². The van der Waals surface area contributed by atoms with Gasteiger partial charge >= 0.3 is 0 Å². The van der Waals surface area contributed by atoms with Gasteiger partial charge in [-0.2, -0.15) is 0 Å². The molecular weight excluding hydrogens is 160 g/mol. The molecule has 0 aromatic rings. The molecule has 4 nitrogen and oxygen atoms in total. The zero-order valence-corrected chi connectivity index (χ0v) is 6.96. The maximum Gasteiger partial charge on any atom is 0.193 e. The fourth-order valence-corrected chi connectivity index (χ4v) is 1.05. The van der Waals surface area contributed by atoms with Crippen LogP contribution in [0.5, 0.6) is 0 Å². The van der Waals surface area contributed by atoms with Gasteiger partial charge in [0.15, 0.2) is 17.4 Å². The van der Waals surface area contributed by atoms with E-state index in [1.807, 2.05) is 0 Å². The second kappa shape index (κ2) is 2.80. The smallest absolute Gasteiger partial charge is 0.193 e. The van der Waals surface area contributed by atoms with Gasteiger partial charge < -0.3 is 9.84 Å². The molecule has 0 aromatic carbocycles. The number of carbonyl (C=O) groups excluding carboxylic acids is 2. The summed E-state index contributed by atoms with van der Waals surface area (Å²) in [4.78, 5) is 21.7. The Morgan fingerprint density at radius 1 is 1.75 bits per heavy atom. The molecule has 1 heterocycles. The molecule has 0 radical (unpaired) electrons. The minimum Gasteiger partial charge on any atom is -0.362 e. The number of Topliss-reactive ketones (excluding diaryl/α,β-unsaturated/α-hetero) is 1. The van der Waals surface area contributed by atoms with Gasteiger partial charge in [-0.1, -0.05) is 0 Å². The first-order chi connectivity index (χ1) is 5.43. The SMILES string of the molecule is CC(=O)C1=CC(=O)COC1(C)O. The maximum atomic E-state index is 10.9. The van der Waals surface area contributed by atoms with Gasteiger partial charge in [-0.15, -0.1) is 0 Å². The fraction of sp³-hybridized carbons (Fsp3) is 0.500. The van der Waals surface area contributed by atoms with Crippen LogP contribution in [0.25, 0.3) is 0 Å². The topological polar surface area (TPSA) is 63.6 Å². The summed E-state index contributed by atoms with van der Waals surface area (Å²) in [6.45, 7) is 2.44. The van der Waals surface area contributed by atoms with Crippen LogP contribution in [-0.2, 0) is 14.3 Å². The second-order valence-electron chi connectivity index (χ2n) is 2.85. The third kappa shape index (κ3) is 1.60. The Balaban J connectivity index is 3.04. The lowest BCUT2D eigenvalue weighted by Gasteiger charge is -2.27. The Morgan fingerprint density at radius 3 is 2.75 bits per heavy atom. The predicted molar refractivity (Wildman–Crippen MR) is 40.3 cm³/mol. The number of ketones is 2. The highest BCUT2D eigenvalue weighted by molar-refractivity contribution is 6.04. The molecule has 0 saturated carbocycles. The van der Waals surface area contributed by atoms with Crippen molar-refractivity contribution in [2.75, 3.05) is 6.61 Å². The minimum atomic E-state index is -1.61. The van der Waals surface area contributed by atoms with Crippen LogP contribution in [0.1, 0.15) is 13.8 Å². The summed E-state index contributed by atoms with van der Waals surface area (Å²) in [5, 5.41) is 9.46. The van der Waals surface area contributed by atoms with E-state index in [9.17, 15) is 14.7 Å². The van der Waals surface area contributed by atoms with E-state index < -0.39 is 5.79 Å². The highest BCUT2D eigenvalue weighted by atomic mass is 16.6. The first-order valence-electron chi connectivity index (χ1n) is 3.56. The van der Waals surface area contributed by atoms with E-state index in [4.69, 9.17) is 4.74 Å². The first kappa shape index (κ1) is 9.09. The molecule has 1 rings (SSSR count). The molecule has 1 aliphatic heterocycles. The number of ether oxygens (including phenoxy) is 1. The largest absolute Gasteiger partial charge is 0.362 e. The van der Waals surface area contributed by atoms with E-state index in [1.165, 1.54) is 13.8 Å². The van der Waals surface area contributed by atoms with Crippen molar-refractivity contribution in [2.24, 2.45) is 0 Å². The average Bonchev–Trinajstić information content (AvgIpc) is 1.94. The van der Waals surface area contributed by atoms with E-state index in [2.05, 4.69) is 0 Å². The van der Waals surface area contributed by atoms with Crippen molar-refractivity contribution >= 4 is 11.6 Å². The zero-order chi connectivity index (χ0) is 9.35. The second-order valence-corrected chi connectivity index (χ2v) is 2.85. The zero-order valence-electron chi connectivity index (χ0n) is 6.96. The van der Waals surface area contributed by atoms with Crippen molar-refractivity contribution in [1.29, 1.82) is 0 Å². The van der Waals surface area contributed by atoms with Crippen LogP contribution in [0.4, 0.5) is 0 Å². The number of rotatable bonds is 1. The van der Waals surface area contributed by atoms with Gasteiger partial charge in [0.05, 0.1) is 5.57 Å². The minimum absolute atomic E-state index is 0.0127. The summed E-state index contributed by atoms with van der Waals surface area (Å²) >= 11 is 0. The molecule has 12 heavy (non-hydrogen) atoms. The van der Waals surface area contributed by atoms with Crippen LogP contribution in [-0.4, -0.2) is 29.1 Å². The van der Waals surface area contributed by atoms with Crippen LogP contribution in [0.15, 0.2) is 11.6 Å². The van der Waals surface area contributed by atoms with Crippen molar-refractivity contribution in [2.45, 2.75) is 19.6 Å². The highest BCUT2D eigenvalue weighted by Crippen LogP contribution is 2.22. The molecule has 1 unspecified atom stereocenters. The van der Waals surface area contributed by atoms with Gasteiger partial charge in [0.1, 0.15) is 6.61 Å².